The third-order valence-electron chi connectivity index (χ3n) is 4.26. The topological polar surface area (TPSA) is 78.3 Å². The lowest BCUT2D eigenvalue weighted by molar-refractivity contribution is 0.0746. The van der Waals surface area contributed by atoms with Gasteiger partial charge in [-0.3, -0.25) is 14.9 Å². The minimum Gasteiger partial charge on any atom is -0.472 e. The summed E-state index contributed by atoms with van der Waals surface area (Å²) < 4.78 is 4.99. The van der Waals surface area contributed by atoms with Gasteiger partial charge in [-0.05, 0) is 23.8 Å². The Kier molecular flexibility index (Phi) is 3.74. The summed E-state index contributed by atoms with van der Waals surface area (Å²) in [6.45, 7) is 2.84. The highest BCUT2D eigenvalue weighted by atomic mass is 16.3. The second-order valence-corrected chi connectivity index (χ2v) is 5.66. The van der Waals surface area contributed by atoms with Crippen molar-refractivity contribution in [2.45, 2.75) is 0 Å². The predicted octanol–water partition coefficient (Wildman–Crippen LogP) is 2.03. The summed E-state index contributed by atoms with van der Waals surface area (Å²) in [5, 5.41) is 7.27. The molecule has 0 atom stereocenters. The van der Waals surface area contributed by atoms with Gasteiger partial charge >= 0.3 is 0 Å². The number of nitrogens with zero attached hydrogens (tertiary/aromatic N) is 4. The van der Waals surface area contributed by atoms with Gasteiger partial charge in [-0.1, -0.05) is 0 Å². The average molecular weight is 323 g/mol. The number of anilines is 1. The van der Waals surface area contributed by atoms with Gasteiger partial charge in [0.2, 0.25) is 0 Å². The Morgan fingerprint density at radius 2 is 1.92 bits per heavy atom. The Labute approximate surface area is 138 Å². The van der Waals surface area contributed by atoms with E-state index in [0.29, 0.717) is 18.7 Å². The molecule has 0 aromatic carbocycles. The Morgan fingerprint density at radius 1 is 1.12 bits per heavy atom. The molecule has 122 valence electrons. The molecule has 0 radical (unpaired) electrons. The van der Waals surface area contributed by atoms with Crippen molar-refractivity contribution in [2.24, 2.45) is 0 Å². The molecule has 3 aromatic heterocycles. The number of amides is 1. The van der Waals surface area contributed by atoms with Crippen LogP contribution in [0, 0.1) is 0 Å². The first-order chi connectivity index (χ1) is 11.8. The number of pyridine rings is 1. The summed E-state index contributed by atoms with van der Waals surface area (Å²) in [6, 6.07) is 5.63. The van der Waals surface area contributed by atoms with Crippen molar-refractivity contribution >= 4 is 11.7 Å². The summed E-state index contributed by atoms with van der Waals surface area (Å²) >= 11 is 0. The third kappa shape index (κ3) is 2.64. The van der Waals surface area contributed by atoms with Crippen molar-refractivity contribution in [2.75, 3.05) is 31.1 Å². The minimum atomic E-state index is 0.0161. The molecule has 0 unspecified atom stereocenters. The van der Waals surface area contributed by atoms with Gasteiger partial charge in [0.25, 0.3) is 5.91 Å². The molecule has 1 N–H and O–H groups in total. The van der Waals surface area contributed by atoms with Gasteiger partial charge in [0.05, 0.1) is 18.0 Å². The van der Waals surface area contributed by atoms with Crippen molar-refractivity contribution in [3.63, 3.8) is 0 Å². The Balaban J connectivity index is 1.47. The smallest absolute Gasteiger partial charge is 0.257 e. The first-order valence-electron chi connectivity index (χ1n) is 7.83. The van der Waals surface area contributed by atoms with E-state index in [-0.39, 0.29) is 5.91 Å². The standard InChI is InChI=1S/C17H17N5O2/c23-17(14-3-10-24-12-14)22-8-6-21(7-9-22)16-15(11-19-20-16)13-1-4-18-5-2-13/h1-5,10-12H,6-9H2,(H,19,20). The molecule has 0 aliphatic carbocycles. The average Bonchev–Trinajstić information content (AvgIpc) is 3.34. The van der Waals surface area contributed by atoms with Gasteiger partial charge in [0.15, 0.2) is 0 Å². The van der Waals surface area contributed by atoms with Crippen LogP contribution in [0.25, 0.3) is 11.1 Å². The molecule has 1 aliphatic rings. The minimum absolute atomic E-state index is 0.0161. The van der Waals surface area contributed by atoms with Gasteiger partial charge in [0.1, 0.15) is 12.1 Å². The number of rotatable bonds is 3. The van der Waals surface area contributed by atoms with Crippen LogP contribution < -0.4 is 4.90 Å². The zero-order chi connectivity index (χ0) is 16.4. The zero-order valence-corrected chi connectivity index (χ0v) is 13.1. The van der Waals surface area contributed by atoms with Crippen molar-refractivity contribution in [1.82, 2.24) is 20.1 Å². The van der Waals surface area contributed by atoms with E-state index in [4.69, 9.17) is 4.42 Å². The molecule has 0 spiro atoms. The molecule has 7 nitrogen and oxygen atoms in total. The largest absolute Gasteiger partial charge is 0.472 e. The highest BCUT2D eigenvalue weighted by Crippen LogP contribution is 2.28. The molecular formula is C17H17N5O2. The van der Waals surface area contributed by atoms with Crippen LogP contribution in [0.15, 0.2) is 53.7 Å². The maximum atomic E-state index is 12.4. The highest BCUT2D eigenvalue weighted by Gasteiger charge is 2.25. The van der Waals surface area contributed by atoms with Gasteiger partial charge in [0, 0.05) is 44.1 Å². The van der Waals surface area contributed by atoms with E-state index in [1.165, 1.54) is 12.5 Å². The molecule has 1 fully saturated rings. The summed E-state index contributed by atoms with van der Waals surface area (Å²) in [5.41, 5.74) is 2.72. The molecule has 0 bridgehead atoms. The Hall–Kier alpha value is -3.09. The summed E-state index contributed by atoms with van der Waals surface area (Å²) in [4.78, 5) is 20.5. The molecule has 4 rings (SSSR count). The van der Waals surface area contributed by atoms with E-state index >= 15 is 0 Å². The maximum Gasteiger partial charge on any atom is 0.257 e. The highest BCUT2D eigenvalue weighted by molar-refractivity contribution is 5.94. The van der Waals surface area contributed by atoms with Crippen LogP contribution in [-0.2, 0) is 0 Å². The second kappa shape index (κ2) is 6.19. The molecule has 1 aliphatic heterocycles. The third-order valence-corrected chi connectivity index (χ3v) is 4.26. The number of piperazine rings is 1. The number of carbonyl (C=O) groups is 1. The van der Waals surface area contributed by atoms with Gasteiger partial charge in [-0.2, -0.15) is 5.10 Å². The van der Waals surface area contributed by atoms with E-state index in [2.05, 4.69) is 20.1 Å². The van der Waals surface area contributed by atoms with Crippen molar-refractivity contribution in [3.05, 3.63) is 54.9 Å². The quantitative estimate of drug-likeness (QED) is 0.798. The lowest BCUT2D eigenvalue weighted by Gasteiger charge is -2.35. The number of nitrogens with one attached hydrogen (secondary N) is 1. The van der Waals surface area contributed by atoms with Crippen LogP contribution in [0.5, 0.6) is 0 Å². The summed E-state index contributed by atoms with van der Waals surface area (Å²) in [7, 11) is 0. The number of aromatic nitrogens is 3. The van der Waals surface area contributed by atoms with Crippen LogP contribution in [0.4, 0.5) is 5.82 Å². The lowest BCUT2D eigenvalue weighted by Crippen LogP contribution is -2.49. The van der Waals surface area contributed by atoms with E-state index in [1.807, 2.05) is 23.2 Å². The molecular weight excluding hydrogens is 306 g/mol. The summed E-state index contributed by atoms with van der Waals surface area (Å²) in [5.74, 6) is 0.999. The van der Waals surface area contributed by atoms with Crippen LogP contribution in [-0.4, -0.2) is 52.2 Å². The number of carbonyl (C=O) groups excluding carboxylic acids is 1. The fourth-order valence-electron chi connectivity index (χ4n) is 2.96. The number of furan rings is 1. The monoisotopic (exact) mass is 323 g/mol. The van der Waals surface area contributed by atoms with E-state index in [0.717, 1.165) is 30.0 Å². The first kappa shape index (κ1) is 14.5. The zero-order valence-electron chi connectivity index (χ0n) is 13.1. The second-order valence-electron chi connectivity index (χ2n) is 5.66. The van der Waals surface area contributed by atoms with Gasteiger partial charge in [-0.15, -0.1) is 0 Å². The molecule has 1 amide bonds. The van der Waals surface area contributed by atoms with Crippen LogP contribution >= 0.6 is 0 Å². The number of hydrogen-bond donors (Lipinski definition) is 1. The summed E-state index contributed by atoms with van der Waals surface area (Å²) in [6.07, 6.45) is 8.38. The normalized spacial score (nSPS) is 14.8. The van der Waals surface area contributed by atoms with Crippen molar-refractivity contribution in [1.29, 1.82) is 0 Å². The SMILES string of the molecule is O=C(c1ccoc1)N1CCN(c2[nH]ncc2-c2ccncc2)CC1. The van der Waals surface area contributed by atoms with Crippen LogP contribution in [0.2, 0.25) is 0 Å². The fraction of sp³-hybridized carbons (Fsp3) is 0.235. The van der Waals surface area contributed by atoms with E-state index in [9.17, 15) is 4.79 Å². The number of hydrogen-bond acceptors (Lipinski definition) is 5. The van der Waals surface area contributed by atoms with E-state index < -0.39 is 0 Å². The fourth-order valence-corrected chi connectivity index (χ4v) is 2.96. The van der Waals surface area contributed by atoms with E-state index in [1.54, 1.807) is 18.5 Å². The predicted molar refractivity (Wildman–Crippen MR) is 88.6 cm³/mol. The van der Waals surface area contributed by atoms with Crippen LogP contribution in [0.3, 0.4) is 0 Å². The van der Waals surface area contributed by atoms with Crippen molar-refractivity contribution < 1.29 is 9.21 Å². The molecule has 7 heteroatoms. The molecule has 4 heterocycles. The lowest BCUT2D eigenvalue weighted by atomic mass is 10.1. The molecule has 1 saturated heterocycles. The first-order valence-corrected chi connectivity index (χ1v) is 7.83. The maximum absolute atomic E-state index is 12.4. The Morgan fingerprint density at radius 3 is 2.62 bits per heavy atom. The van der Waals surface area contributed by atoms with Crippen molar-refractivity contribution in [3.8, 4) is 11.1 Å². The Bertz CT molecular complexity index is 805. The molecule has 0 saturated carbocycles. The van der Waals surface area contributed by atoms with Gasteiger partial charge in [-0.25, -0.2) is 0 Å². The van der Waals surface area contributed by atoms with Gasteiger partial charge < -0.3 is 14.2 Å². The van der Waals surface area contributed by atoms with Crippen LogP contribution in [0.1, 0.15) is 10.4 Å². The molecule has 24 heavy (non-hydrogen) atoms. The molecule has 3 aromatic rings. The number of H-pyrrole nitrogens is 1. The number of aromatic amines is 1.